The number of hydrogen-bond donors (Lipinski definition) is 1. The number of carbonyl (C=O) groups is 1. The number of imidazole rings is 1. The van der Waals surface area contributed by atoms with Crippen LogP contribution in [-0.2, 0) is 18.4 Å². The fourth-order valence-electron chi connectivity index (χ4n) is 1.61. The van der Waals surface area contributed by atoms with Gasteiger partial charge in [0.1, 0.15) is 12.4 Å². The second kappa shape index (κ2) is 5.39. The van der Waals surface area contributed by atoms with Crippen LogP contribution in [0.15, 0.2) is 30.5 Å². The predicted molar refractivity (Wildman–Crippen MR) is 69.8 cm³/mol. The minimum Gasteiger partial charge on any atom is -0.455 e. The third-order valence-electron chi connectivity index (χ3n) is 2.59. The fraction of sp³-hybridized carbons (Fsp3) is 0.167. The molecule has 20 heavy (non-hydrogen) atoms. The Bertz CT molecular complexity index is 648. The van der Waals surface area contributed by atoms with E-state index in [-0.39, 0.29) is 23.9 Å². The number of non-ortho nitro benzene ring substituents is 1. The number of hydrogen-bond acceptors (Lipinski definition) is 6. The van der Waals surface area contributed by atoms with Crippen molar-refractivity contribution in [2.45, 2.75) is 6.61 Å². The highest BCUT2D eigenvalue weighted by Gasteiger charge is 2.14. The van der Waals surface area contributed by atoms with Crippen LogP contribution in [0, 0.1) is 10.1 Å². The van der Waals surface area contributed by atoms with Gasteiger partial charge in [0, 0.05) is 25.4 Å². The molecule has 2 aromatic rings. The molecule has 0 amide bonds. The lowest BCUT2D eigenvalue weighted by atomic mass is 10.2. The average molecular weight is 276 g/mol. The number of ether oxygens (including phenoxy) is 1. The van der Waals surface area contributed by atoms with Crippen molar-refractivity contribution in [3.8, 4) is 0 Å². The molecule has 2 N–H and O–H groups in total. The minimum atomic E-state index is -0.609. The van der Waals surface area contributed by atoms with Gasteiger partial charge in [0.2, 0.25) is 5.82 Å². The summed E-state index contributed by atoms with van der Waals surface area (Å²) in [5.74, 6) is -0.276. The Morgan fingerprint density at radius 1 is 1.45 bits per heavy atom. The molecule has 8 nitrogen and oxygen atoms in total. The van der Waals surface area contributed by atoms with E-state index >= 15 is 0 Å². The standard InChI is InChI=1S/C12H12N4O4/c1-15-6-10(13)14-11(15)12(17)20-7-8-2-4-9(5-3-8)16(18)19/h2-6H,7,13H2,1H3. The van der Waals surface area contributed by atoms with E-state index in [4.69, 9.17) is 10.5 Å². The first-order valence-electron chi connectivity index (χ1n) is 5.66. The molecule has 1 aromatic carbocycles. The molecule has 0 spiro atoms. The summed E-state index contributed by atoms with van der Waals surface area (Å²) >= 11 is 0. The van der Waals surface area contributed by atoms with Crippen molar-refractivity contribution < 1.29 is 14.5 Å². The van der Waals surface area contributed by atoms with Gasteiger partial charge in [-0.1, -0.05) is 0 Å². The zero-order valence-electron chi connectivity index (χ0n) is 10.6. The van der Waals surface area contributed by atoms with E-state index in [1.165, 1.54) is 35.0 Å². The molecule has 0 unspecified atom stereocenters. The topological polar surface area (TPSA) is 113 Å². The van der Waals surface area contributed by atoms with Crippen LogP contribution >= 0.6 is 0 Å². The fourth-order valence-corrected chi connectivity index (χ4v) is 1.61. The third kappa shape index (κ3) is 2.91. The van der Waals surface area contributed by atoms with Crippen LogP contribution in [0.3, 0.4) is 0 Å². The van der Waals surface area contributed by atoms with Gasteiger partial charge in [-0.2, -0.15) is 0 Å². The Labute approximate surface area is 113 Å². The number of anilines is 1. The lowest BCUT2D eigenvalue weighted by molar-refractivity contribution is -0.384. The van der Waals surface area contributed by atoms with Crippen LogP contribution < -0.4 is 5.73 Å². The smallest absolute Gasteiger partial charge is 0.374 e. The zero-order valence-corrected chi connectivity index (χ0v) is 10.6. The monoisotopic (exact) mass is 276 g/mol. The first-order valence-corrected chi connectivity index (χ1v) is 5.66. The van der Waals surface area contributed by atoms with Crippen LogP contribution in [0.25, 0.3) is 0 Å². The van der Waals surface area contributed by atoms with E-state index in [1.54, 1.807) is 7.05 Å². The van der Waals surface area contributed by atoms with Crippen LogP contribution in [0.4, 0.5) is 11.5 Å². The number of nitrogens with two attached hydrogens (primary N) is 1. The maximum atomic E-state index is 11.8. The van der Waals surface area contributed by atoms with Crippen LogP contribution in [0.5, 0.6) is 0 Å². The van der Waals surface area contributed by atoms with Crippen LogP contribution in [-0.4, -0.2) is 20.4 Å². The molecule has 1 aromatic heterocycles. The van der Waals surface area contributed by atoms with Gasteiger partial charge >= 0.3 is 5.97 Å². The minimum absolute atomic E-state index is 0.00356. The molecule has 0 atom stereocenters. The molecule has 0 aliphatic carbocycles. The highest BCUT2D eigenvalue weighted by molar-refractivity contribution is 5.86. The number of benzene rings is 1. The molecular formula is C12H12N4O4. The van der Waals surface area contributed by atoms with Crippen LogP contribution in [0.2, 0.25) is 0 Å². The Kier molecular flexibility index (Phi) is 3.65. The second-order valence-electron chi connectivity index (χ2n) is 4.10. The number of nitrogens with zero attached hydrogens (tertiary/aromatic N) is 3. The quantitative estimate of drug-likeness (QED) is 0.511. The number of carbonyl (C=O) groups excluding carboxylic acids is 1. The van der Waals surface area contributed by atoms with E-state index in [2.05, 4.69) is 4.98 Å². The number of esters is 1. The summed E-state index contributed by atoms with van der Waals surface area (Å²) in [6, 6.07) is 5.75. The Balaban J connectivity index is 2.00. The Hall–Kier alpha value is -2.90. The lowest BCUT2D eigenvalue weighted by Gasteiger charge is -2.04. The largest absolute Gasteiger partial charge is 0.455 e. The lowest BCUT2D eigenvalue weighted by Crippen LogP contribution is -2.11. The first-order chi connectivity index (χ1) is 9.47. The van der Waals surface area contributed by atoms with Crippen molar-refractivity contribution in [1.29, 1.82) is 0 Å². The summed E-state index contributed by atoms with van der Waals surface area (Å²) in [6.07, 6.45) is 1.50. The maximum absolute atomic E-state index is 11.8. The van der Waals surface area contributed by atoms with Gasteiger partial charge < -0.3 is 15.0 Å². The van der Waals surface area contributed by atoms with Crippen molar-refractivity contribution in [3.63, 3.8) is 0 Å². The van der Waals surface area contributed by atoms with Gasteiger partial charge in [-0.15, -0.1) is 0 Å². The van der Waals surface area contributed by atoms with Crippen molar-refractivity contribution in [2.75, 3.05) is 5.73 Å². The molecule has 2 rings (SSSR count). The van der Waals surface area contributed by atoms with Crippen molar-refractivity contribution in [1.82, 2.24) is 9.55 Å². The Morgan fingerprint density at radius 2 is 2.10 bits per heavy atom. The van der Waals surface area contributed by atoms with E-state index < -0.39 is 10.9 Å². The van der Waals surface area contributed by atoms with E-state index in [1.807, 2.05) is 0 Å². The number of nitrogen functional groups attached to an aromatic ring is 1. The van der Waals surface area contributed by atoms with Gasteiger partial charge in [-0.05, 0) is 17.7 Å². The summed E-state index contributed by atoms with van der Waals surface area (Å²) < 4.78 is 6.53. The molecule has 0 saturated carbocycles. The van der Waals surface area contributed by atoms with Crippen molar-refractivity contribution in [3.05, 3.63) is 52.0 Å². The number of aromatic nitrogens is 2. The van der Waals surface area contributed by atoms with E-state index in [0.717, 1.165) is 0 Å². The maximum Gasteiger partial charge on any atom is 0.374 e. The molecule has 0 fully saturated rings. The second-order valence-corrected chi connectivity index (χ2v) is 4.10. The highest BCUT2D eigenvalue weighted by Crippen LogP contribution is 2.13. The highest BCUT2D eigenvalue weighted by atomic mass is 16.6. The molecular weight excluding hydrogens is 264 g/mol. The predicted octanol–water partition coefficient (Wildman–Crippen LogP) is 1.27. The molecule has 0 aliphatic heterocycles. The third-order valence-corrected chi connectivity index (χ3v) is 2.59. The number of rotatable bonds is 4. The summed E-state index contributed by atoms with van der Waals surface area (Å²) in [5.41, 5.74) is 6.09. The molecule has 0 radical (unpaired) electrons. The van der Waals surface area contributed by atoms with E-state index in [9.17, 15) is 14.9 Å². The normalized spacial score (nSPS) is 10.2. The number of nitro benzene ring substituents is 1. The number of aryl methyl sites for hydroxylation is 1. The molecule has 1 heterocycles. The molecule has 0 bridgehead atoms. The van der Waals surface area contributed by atoms with Gasteiger partial charge in [0.05, 0.1) is 4.92 Å². The first kappa shape index (κ1) is 13.5. The zero-order chi connectivity index (χ0) is 14.7. The molecule has 0 saturated heterocycles. The van der Waals surface area contributed by atoms with Gasteiger partial charge in [-0.25, -0.2) is 9.78 Å². The van der Waals surface area contributed by atoms with E-state index in [0.29, 0.717) is 5.56 Å². The average Bonchev–Trinajstić information content (AvgIpc) is 2.75. The Morgan fingerprint density at radius 3 is 2.60 bits per heavy atom. The van der Waals surface area contributed by atoms with Gasteiger partial charge in [-0.3, -0.25) is 10.1 Å². The van der Waals surface area contributed by atoms with Gasteiger partial charge in [0.15, 0.2) is 0 Å². The van der Waals surface area contributed by atoms with Crippen LogP contribution in [0.1, 0.15) is 16.2 Å². The summed E-state index contributed by atoms with van der Waals surface area (Å²) in [6.45, 7) is 0.00356. The number of nitro groups is 1. The summed E-state index contributed by atoms with van der Waals surface area (Å²) in [5, 5.41) is 10.5. The molecule has 8 heteroatoms. The molecule has 104 valence electrons. The summed E-state index contributed by atoms with van der Waals surface area (Å²) in [4.78, 5) is 25.6. The van der Waals surface area contributed by atoms with Crippen molar-refractivity contribution >= 4 is 17.5 Å². The molecule has 0 aliphatic rings. The summed E-state index contributed by atoms with van der Waals surface area (Å²) in [7, 11) is 1.63. The van der Waals surface area contributed by atoms with Gasteiger partial charge in [0.25, 0.3) is 5.69 Å². The SMILES string of the molecule is Cn1cc(N)nc1C(=O)OCc1ccc([N+](=O)[O-])cc1. The van der Waals surface area contributed by atoms with Crippen molar-refractivity contribution in [2.24, 2.45) is 7.05 Å².